The zero-order chi connectivity index (χ0) is 18.2. The summed E-state index contributed by atoms with van der Waals surface area (Å²) in [4.78, 5) is 12.9. The lowest BCUT2D eigenvalue weighted by Gasteiger charge is -2.17. The molecule has 140 valence electrons. The molecule has 7 heteroatoms. The summed E-state index contributed by atoms with van der Waals surface area (Å²) in [5.41, 5.74) is 0.867. The third-order valence-electron chi connectivity index (χ3n) is 4.53. The Labute approximate surface area is 148 Å². The largest absolute Gasteiger partial charge is 0.505 e. The summed E-state index contributed by atoms with van der Waals surface area (Å²) in [6.07, 6.45) is 4.46. The summed E-state index contributed by atoms with van der Waals surface area (Å²) in [6, 6.07) is 4.48. The molecular formula is C18H28FN3O3. The average Bonchev–Trinajstić information content (AvgIpc) is 2.90. The van der Waals surface area contributed by atoms with Crippen LogP contribution in [0.4, 0.5) is 4.39 Å². The second-order valence-corrected chi connectivity index (χ2v) is 6.57. The van der Waals surface area contributed by atoms with Gasteiger partial charge in [-0.05, 0) is 44.0 Å². The van der Waals surface area contributed by atoms with Crippen molar-refractivity contribution in [3.8, 4) is 5.75 Å². The van der Waals surface area contributed by atoms with E-state index in [1.807, 2.05) is 6.92 Å². The van der Waals surface area contributed by atoms with Crippen molar-refractivity contribution in [3.05, 3.63) is 29.6 Å². The number of nitrogens with zero attached hydrogens (tertiary/aromatic N) is 1. The van der Waals surface area contributed by atoms with E-state index in [9.17, 15) is 19.4 Å². The molecule has 1 fully saturated rings. The molecule has 1 unspecified atom stereocenters. The number of carbonyl (C=O) groups is 1. The van der Waals surface area contributed by atoms with Crippen LogP contribution in [0.3, 0.4) is 0 Å². The smallest absolute Gasteiger partial charge is 0.237 e. The minimum Gasteiger partial charge on any atom is -0.505 e. The minimum absolute atomic E-state index is 0.0631. The first-order valence-electron chi connectivity index (χ1n) is 8.90. The molecule has 1 aliphatic heterocycles. The minimum atomic E-state index is -0.830. The Morgan fingerprint density at radius 1 is 1.32 bits per heavy atom. The van der Waals surface area contributed by atoms with E-state index in [0.29, 0.717) is 0 Å². The molecule has 1 heterocycles. The Bertz CT molecular complexity index is 570. The number of aliphatic hydroxyl groups is 1. The van der Waals surface area contributed by atoms with Crippen molar-refractivity contribution >= 4 is 5.91 Å². The van der Waals surface area contributed by atoms with Crippen LogP contribution < -0.4 is 10.6 Å². The number of carbonyl (C=O) groups excluding carboxylic acids is 1. The molecule has 2 rings (SSSR count). The fourth-order valence-corrected chi connectivity index (χ4v) is 2.96. The Kier molecular flexibility index (Phi) is 7.61. The molecule has 6 nitrogen and oxygen atoms in total. The predicted molar refractivity (Wildman–Crippen MR) is 93.3 cm³/mol. The summed E-state index contributed by atoms with van der Waals surface area (Å²) >= 11 is 0. The monoisotopic (exact) mass is 353 g/mol. The maximum Gasteiger partial charge on any atom is 0.237 e. The molecule has 0 bridgehead atoms. The number of benzene rings is 1. The molecule has 25 heavy (non-hydrogen) atoms. The molecular weight excluding hydrogens is 325 g/mol. The van der Waals surface area contributed by atoms with Gasteiger partial charge >= 0.3 is 0 Å². The first kappa shape index (κ1) is 19.6. The zero-order valence-corrected chi connectivity index (χ0v) is 14.7. The van der Waals surface area contributed by atoms with Crippen molar-refractivity contribution in [1.82, 2.24) is 15.5 Å². The average molecular weight is 353 g/mol. The van der Waals surface area contributed by atoms with E-state index in [1.165, 1.54) is 12.1 Å². The number of rotatable bonds is 10. The molecule has 1 aromatic carbocycles. The summed E-state index contributed by atoms with van der Waals surface area (Å²) in [5.74, 6) is -1.04. The van der Waals surface area contributed by atoms with Gasteiger partial charge in [-0.2, -0.15) is 0 Å². The van der Waals surface area contributed by atoms with Gasteiger partial charge in [0, 0.05) is 12.6 Å². The van der Waals surface area contributed by atoms with Gasteiger partial charge in [0.1, 0.15) is 0 Å². The second kappa shape index (κ2) is 9.70. The van der Waals surface area contributed by atoms with E-state index in [-0.39, 0.29) is 24.2 Å². The first-order valence-corrected chi connectivity index (χ1v) is 8.90. The Morgan fingerprint density at radius 3 is 2.72 bits per heavy atom. The topological polar surface area (TPSA) is 84.8 Å². The molecule has 4 N–H and O–H groups in total. The van der Waals surface area contributed by atoms with Gasteiger partial charge in [-0.25, -0.2) is 4.39 Å². The number of phenolic OH excluding ortho intramolecular Hbond substituents is 1. The van der Waals surface area contributed by atoms with E-state index in [2.05, 4.69) is 10.6 Å². The fourth-order valence-electron chi connectivity index (χ4n) is 2.96. The van der Waals surface area contributed by atoms with Crippen LogP contribution in [0.1, 0.15) is 50.6 Å². The summed E-state index contributed by atoms with van der Waals surface area (Å²) in [5, 5.41) is 24.8. The van der Waals surface area contributed by atoms with Crippen molar-refractivity contribution in [2.75, 3.05) is 19.6 Å². The van der Waals surface area contributed by atoms with Crippen LogP contribution in [0, 0.1) is 5.82 Å². The third-order valence-corrected chi connectivity index (χ3v) is 4.53. The summed E-state index contributed by atoms with van der Waals surface area (Å²) in [7, 11) is 0. The highest BCUT2D eigenvalue weighted by molar-refractivity contribution is 5.80. The van der Waals surface area contributed by atoms with Gasteiger partial charge in [-0.1, -0.05) is 25.3 Å². The number of halogens is 1. The quantitative estimate of drug-likeness (QED) is 0.483. The molecule has 0 aromatic heterocycles. The van der Waals surface area contributed by atoms with Gasteiger partial charge in [0.05, 0.1) is 6.54 Å². The van der Waals surface area contributed by atoms with Crippen LogP contribution in [0.25, 0.3) is 0 Å². The van der Waals surface area contributed by atoms with Gasteiger partial charge in [-0.15, -0.1) is 0 Å². The first-order chi connectivity index (χ1) is 12.0. The zero-order valence-electron chi connectivity index (χ0n) is 14.7. The number of unbranched alkanes of at least 4 members (excludes halogenated alkanes) is 4. The van der Waals surface area contributed by atoms with Crippen molar-refractivity contribution in [3.63, 3.8) is 0 Å². The highest BCUT2D eigenvalue weighted by Crippen LogP contribution is 2.21. The molecule has 0 aliphatic carbocycles. The molecule has 1 saturated heterocycles. The Hall–Kier alpha value is -1.70. The number of nitrogens with one attached hydrogen (secondary N) is 2. The molecule has 0 saturated carbocycles. The van der Waals surface area contributed by atoms with Crippen LogP contribution >= 0.6 is 0 Å². The number of phenols is 1. The third kappa shape index (κ3) is 6.26. The van der Waals surface area contributed by atoms with E-state index in [4.69, 9.17) is 0 Å². The summed E-state index contributed by atoms with van der Waals surface area (Å²) < 4.78 is 13.0. The number of amides is 1. The number of hydrogen-bond donors (Lipinski definition) is 4. The van der Waals surface area contributed by atoms with Crippen LogP contribution in [-0.4, -0.2) is 47.0 Å². The molecule has 2 atom stereocenters. The number of aliphatic hydroxyl groups excluding tert-OH is 1. The highest BCUT2D eigenvalue weighted by Gasteiger charge is 2.26. The highest BCUT2D eigenvalue weighted by atomic mass is 19.1. The van der Waals surface area contributed by atoms with Crippen molar-refractivity contribution < 1.29 is 19.4 Å². The molecule has 1 aromatic rings. The van der Waals surface area contributed by atoms with Crippen LogP contribution in [0.15, 0.2) is 18.2 Å². The molecule has 0 spiro atoms. The maximum absolute atomic E-state index is 13.0. The molecule has 0 radical (unpaired) electrons. The van der Waals surface area contributed by atoms with Crippen LogP contribution in [-0.2, 0) is 4.79 Å². The SMILES string of the molecule is C[C@@H](NCCCCCCCN1CC(=O)NC1O)c1ccc(F)c(O)c1. The lowest BCUT2D eigenvalue weighted by atomic mass is 10.1. The van der Waals surface area contributed by atoms with E-state index in [0.717, 1.165) is 50.8 Å². The second-order valence-electron chi connectivity index (χ2n) is 6.57. The normalized spacial score (nSPS) is 19.2. The number of aromatic hydroxyl groups is 1. The lowest BCUT2D eigenvalue weighted by molar-refractivity contribution is -0.119. The van der Waals surface area contributed by atoms with Crippen molar-refractivity contribution in [2.24, 2.45) is 0 Å². The lowest BCUT2D eigenvalue weighted by Crippen LogP contribution is -2.36. The van der Waals surface area contributed by atoms with E-state index in [1.54, 1.807) is 11.0 Å². The maximum atomic E-state index is 13.0. The fraction of sp³-hybridized carbons (Fsp3) is 0.611. The number of hydrogen-bond acceptors (Lipinski definition) is 5. The van der Waals surface area contributed by atoms with Crippen molar-refractivity contribution in [1.29, 1.82) is 0 Å². The van der Waals surface area contributed by atoms with Crippen LogP contribution in [0.5, 0.6) is 5.75 Å². The molecule has 1 aliphatic rings. The van der Waals surface area contributed by atoms with Crippen LogP contribution in [0.2, 0.25) is 0 Å². The van der Waals surface area contributed by atoms with E-state index < -0.39 is 12.2 Å². The van der Waals surface area contributed by atoms with Gasteiger partial charge in [0.25, 0.3) is 0 Å². The van der Waals surface area contributed by atoms with Crippen molar-refractivity contribution in [2.45, 2.75) is 51.4 Å². The van der Waals surface area contributed by atoms with Gasteiger partial charge in [0.2, 0.25) is 5.91 Å². The van der Waals surface area contributed by atoms with E-state index >= 15 is 0 Å². The molecule has 1 amide bonds. The van der Waals surface area contributed by atoms with Gasteiger partial charge in [-0.3, -0.25) is 9.69 Å². The summed E-state index contributed by atoms with van der Waals surface area (Å²) in [6.45, 7) is 3.86. The Morgan fingerprint density at radius 2 is 2.04 bits per heavy atom. The van der Waals surface area contributed by atoms with Gasteiger partial charge in [0.15, 0.2) is 17.9 Å². The Balaban J connectivity index is 1.50. The van der Waals surface area contributed by atoms with Gasteiger partial charge < -0.3 is 20.8 Å². The standard InChI is InChI=1S/C18H28FN3O3/c1-13(14-7-8-15(19)16(23)11-14)20-9-5-3-2-4-6-10-22-12-17(24)21-18(22)25/h7-8,11,13,18,20,23,25H,2-6,9-10,12H2,1H3,(H,21,24)/t13-,18?/m1/s1. The predicted octanol–water partition coefficient (Wildman–Crippen LogP) is 1.84.